The Morgan fingerprint density at radius 2 is 1.64 bits per heavy atom. The molecule has 0 saturated carbocycles. The normalized spacial score (nSPS) is 15.6. The first-order valence-electron chi connectivity index (χ1n) is 12.3. The third-order valence-electron chi connectivity index (χ3n) is 5.78. The Balaban J connectivity index is 0.000000673. The lowest BCUT2D eigenvalue weighted by Gasteiger charge is -2.32. The molecule has 214 valence electrons. The maximum absolute atomic E-state index is 12.9. The molecule has 1 unspecified atom stereocenters. The van der Waals surface area contributed by atoms with Crippen LogP contribution < -0.4 is 10.0 Å². The van der Waals surface area contributed by atoms with E-state index in [1.807, 2.05) is 0 Å². The van der Waals surface area contributed by atoms with Crippen LogP contribution >= 0.6 is 0 Å². The highest BCUT2D eigenvalue weighted by molar-refractivity contribution is 7.92. The Morgan fingerprint density at radius 1 is 1.05 bits per heavy atom. The van der Waals surface area contributed by atoms with Gasteiger partial charge in [0.2, 0.25) is 5.91 Å². The average molecular weight is 572 g/mol. The van der Waals surface area contributed by atoms with Crippen molar-refractivity contribution in [2.75, 3.05) is 24.4 Å². The average Bonchev–Trinajstić information content (AvgIpc) is 2.88. The molecule has 0 radical (unpaired) electrons. The fourth-order valence-corrected chi connectivity index (χ4v) is 4.76. The van der Waals surface area contributed by atoms with Gasteiger partial charge in [0.1, 0.15) is 0 Å². The number of hydrogen-bond donors (Lipinski definition) is 3. The van der Waals surface area contributed by atoms with Crippen molar-refractivity contribution < 1.29 is 41.1 Å². The number of carboxylic acid groups (broad SMARTS) is 1. The highest BCUT2D eigenvalue weighted by Gasteiger charge is 2.38. The molecule has 3 N–H and O–H groups in total. The van der Waals surface area contributed by atoms with Crippen LogP contribution in [0.25, 0.3) is 0 Å². The van der Waals surface area contributed by atoms with Gasteiger partial charge in [-0.25, -0.2) is 13.2 Å². The number of anilines is 1. The van der Waals surface area contributed by atoms with Gasteiger partial charge < -0.3 is 15.3 Å². The summed E-state index contributed by atoms with van der Waals surface area (Å²) < 4.78 is 59.2. The first-order chi connectivity index (χ1) is 18.2. The van der Waals surface area contributed by atoms with E-state index in [1.54, 1.807) is 47.4 Å². The molecule has 1 heterocycles. The number of benzene rings is 2. The monoisotopic (exact) mass is 571 g/mol. The summed E-state index contributed by atoms with van der Waals surface area (Å²) in [6, 6.07) is 14.5. The van der Waals surface area contributed by atoms with Crippen molar-refractivity contribution in [2.24, 2.45) is 11.8 Å². The summed E-state index contributed by atoms with van der Waals surface area (Å²) in [6.07, 6.45) is -2.60. The van der Waals surface area contributed by atoms with Crippen molar-refractivity contribution >= 4 is 33.5 Å². The van der Waals surface area contributed by atoms with Gasteiger partial charge in [0.05, 0.1) is 10.8 Å². The summed E-state index contributed by atoms with van der Waals surface area (Å²) in [5, 5.41) is 10.1. The molecule has 9 nitrogen and oxygen atoms in total. The summed E-state index contributed by atoms with van der Waals surface area (Å²) in [4.78, 5) is 36.2. The molecule has 0 aromatic heterocycles. The molecule has 1 aliphatic rings. The number of rotatable bonds is 8. The predicted molar refractivity (Wildman–Crippen MR) is 138 cm³/mol. The second-order valence-electron chi connectivity index (χ2n) is 9.36. The Kier molecular flexibility index (Phi) is 11.3. The summed E-state index contributed by atoms with van der Waals surface area (Å²) in [6.45, 7) is 5.89. The number of carboxylic acids is 1. The van der Waals surface area contributed by atoms with Crippen molar-refractivity contribution in [3.05, 3.63) is 60.2 Å². The molecule has 1 fully saturated rings. The van der Waals surface area contributed by atoms with Crippen molar-refractivity contribution in [3.8, 4) is 0 Å². The number of nitrogens with zero attached hydrogens (tertiary/aromatic N) is 1. The van der Waals surface area contributed by atoms with E-state index >= 15 is 0 Å². The number of alkyl halides is 3. The second kappa shape index (κ2) is 14.0. The first kappa shape index (κ1) is 31.6. The number of carbonyl (C=O) groups excluding carboxylic acids is 2. The Bertz CT molecular complexity index is 1220. The third kappa shape index (κ3) is 10.2. The number of carbonyl (C=O) groups is 3. The number of hydrogen-bond acceptors (Lipinski definition) is 5. The van der Waals surface area contributed by atoms with Gasteiger partial charge >= 0.3 is 12.1 Å². The van der Waals surface area contributed by atoms with Gasteiger partial charge in [0.15, 0.2) is 0 Å². The zero-order chi connectivity index (χ0) is 29.2. The predicted octanol–water partition coefficient (Wildman–Crippen LogP) is 4.14. The van der Waals surface area contributed by atoms with Gasteiger partial charge in [-0.05, 0) is 61.6 Å². The lowest BCUT2D eigenvalue weighted by Crippen LogP contribution is -2.45. The van der Waals surface area contributed by atoms with Crippen LogP contribution in [0, 0.1) is 11.8 Å². The molecule has 3 rings (SSSR count). The molecule has 2 aromatic carbocycles. The lowest BCUT2D eigenvalue weighted by atomic mass is 9.96. The summed E-state index contributed by atoms with van der Waals surface area (Å²) in [5.41, 5.74) is 0.847. The van der Waals surface area contributed by atoms with E-state index < -0.39 is 22.2 Å². The third-order valence-corrected chi connectivity index (χ3v) is 7.18. The van der Waals surface area contributed by atoms with Crippen molar-refractivity contribution in [1.29, 1.82) is 0 Å². The fourth-order valence-electron chi connectivity index (χ4n) is 3.68. The molecule has 0 bridgehead atoms. The molecule has 13 heteroatoms. The molecule has 2 aromatic rings. The summed E-state index contributed by atoms with van der Waals surface area (Å²) in [5.74, 6) is -2.57. The lowest BCUT2D eigenvalue weighted by molar-refractivity contribution is -0.192. The fraction of sp³-hybridized carbons (Fsp3) is 0.423. The standard InChI is InChI=1S/C24H31N3O4S.C2HF3O2/c1-18(2)14-15-25-23(28)20-7-6-16-27(17-20)24(29)19-10-12-21(13-11-19)26-32(30,31)22-8-4-3-5-9-22;3-2(4,5)1(6)7/h3-5,8-13,18,20,26H,6-7,14-17H2,1-2H3,(H,25,28);(H,6,7). The summed E-state index contributed by atoms with van der Waals surface area (Å²) in [7, 11) is -3.69. The first-order valence-corrected chi connectivity index (χ1v) is 13.7. The van der Waals surface area contributed by atoms with Crippen LogP contribution in [-0.2, 0) is 19.6 Å². The van der Waals surface area contributed by atoms with E-state index in [0.29, 0.717) is 36.8 Å². The van der Waals surface area contributed by atoms with E-state index in [-0.39, 0.29) is 22.6 Å². The quantitative estimate of drug-likeness (QED) is 0.436. The van der Waals surface area contributed by atoms with E-state index in [4.69, 9.17) is 9.90 Å². The Morgan fingerprint density at radius 3 is 2.18 bits per heavy atom. The van der Waals surface area contributed by atoms with Crippen LogP contribution in [0.1, 0.15) is 43.5 Å². The Hall–Kier alpha value is -3.61. The minimum Gasteiger partial charge on any atom is -0.475 e. The van der Waals surface area contributed by atoms with Crippen LogP contribution in [0.4, 0.5) is 18.9 Å². The molecule has 2 amide bonds. The molecule has 0 aliphatic carbocycles. The van der Waals surface area contributed by atoms with Crippen LogP contribution in [0.15, 0.2) is 59.5 Å². The van der Waals surface area contributed by atoms with E-state index in [0.717, 1.165) is 19.3 Å². The van der Waals surface area contributed by atoms with Gasteiger partial charge in [-0.3, -0.25) is 14.3 Å². The maximum atomic E-state index is 12.9. The minimum atomic E-state index is -5.08. The summed E-state index contributed by atoms with van der Waals surface area (Å²) >= 11 is 0. The van der Waals surface area contributed by atoms with Crippen molar-refractivity contribution in [3.63, 3.8) is 0 Å². The van der Waals surface area contributed by atoms with Crippen LogP contribution in [0.3, 0.4) is 0 Å². The van der Waals surface area contributed by atoms with E-state index in [2.05, 4.69) is 23.9 Å². The number of nitrogens with one attached hydrogen (secondary N) is 2. The van der Waals surface area contributed by atoms with Crippen molar-refractivity contribution in [1.82, 2.24) is 10.2 Å². The number of piperidine rings is 1. The van der Waals surface area contributed by atoms with Gasteiger partial charge in [-0.15, -0.1) is 0 Å². The highest BCUT2D eigenvalue weighted by Crippen LogP contribution is 2.21. The second-order valence-corrected chi connectivity index (χ2v) is 11.0. The largest absolute Gasteiger partial charge is 0.490 e. The van der Waals surface area contributed by atoms with Crippen LogP contribution in [-0.4, -0.2) is 62.0 Å². The minimum absolute atomic E-state index is 0.00816. The number of amides is 2. The van der Waals surface area contributed by atoms with Crippen LogP contribution in [0.2, 0.25) is 0 Å². The van der Waals surface area contributed by atoms with Crippen LogP contribution in [0.5, 0.6) is 0 Å². The number of sulfonamides is 1. The molecule has 0 spiro atoms. The molecule has 1 aliphatic heterocycles. The van der Waals surface area contributed by atoms with Gasteiger partial charge in [0, 0.05) is 30.9 Å². The zero-order valence-corrected chi connectivity index (χ0v) is 22.4. The van der Waals surface area contributed by atoms with E-state index in [9.17, 15) is 31.2 Å². The molecular formula is C26H32F3N3O6S. The zero-order valence-electron chi connectivity index (χ0n) is 21.6. The van der Waals surface area contributed by atoms with Gasteiger partial charge in [0.25, 0.3) is 15.9 Å². The number of halogens is 3. The Labute approximate surface area is 225 Å². The smallest absolute Gasteiger partial charge is 0.475 e. The van der Waals surface area contributed by atoms with E-state index in [1.165, 1.54) is 12.1 Å². The van der Waals surface area contributed by atoms with Crippen molar-refractivity contribution in [2.45, 2.75) is 44.2 Å². The molecule has 1 atom stereocenters. The number of likely N-dealkylation sites (tertiary alicyclic amines) is 1. The molecular weight excluding hydrogens is 539 g/mol. The maximum Gasteiger partial charge on any atom is 0.490 e. The molecule has 1 saturated heterocycles. The SMILES string of the molecule is CC(C)CCNC(=O)C1CCCN(C(=O)c2ccc(NS(=O)(=O)c3ccccc3)cc2)C1.O=C(O)C(F)(F)F. The number of aliphatic carboxylic acids is 1. The highest BCUT2D eigenvalue weighted by atomic mass is 32.2. The van der Waals surface area contributed by atoms with Gasteiger partial charge in [-0.2, -0.15) is 13.2 Å². The van der Waals surface area contributed by atoms with Gasteiger partial charge in [-0.1, -0.05) is 32.0 Å². The molecule has 39 heavy (non-hydrogen) atoms. The topological polar surface area (TPSA) is 133 Å².